The summed E-state index contributed by atoms with van der Waals surface area (Å²) in [5.41, 5.74) is -0.278. The van der Waals surface area contributed by atoms with E-state index in [0.29, 0.717) is 0 Å². The van der Waals surface area contributed by atoms with Gasteiger partial charge in [-0.15, -0.1) is 13.2 Å². The van der Waals surface area contributed by atoms with Crippen molar-refractivity contribution in [3.8, 4) is 17.4 Å². The summed E-state index contributed by atoms with van der Waals surface area (Å²) in [6.07, 6.45) is -3.63. The van der Waals surface area contributed by atoms with E-state index >= 15 is 0 Å². The van der Waals surface area contributed by atoms with Gasteiger partial charge in [0.25, 0.3) is 0 Å². The van der Waals surface area contributed by atoms with E-state index in [2.05, 4.69) is 9.72 Å². The molecule has 0 spiro atoms. The second-order valence-corrected chi connectivity index (χ2v) is 3.76. The van der Waals surface area contributed by atoms with Gasteiger partial charge in [0.2, 0.25) is 5.88 Å². The molecule has 0 aliphatic rings. The molecule has 0 saturated carbocycles. The molecule has 1 N–H and O–H groups in total. The van der Waals surface area contributed by atoms with Crippen LogP contribution in [0.15, 0.2) is 42.6 Å². The quantitative estimate of drug-likeness (QED) is 0.936. The van der Waals surface area contributed by atoms with Gasteiger partial charge in [-0.1, -0.05) is 12.1 Å². The van der Waals surface area contributed by atoms with Crippen molar-refractivity contribution >= 4 is 5.97 Å². The Balaban J connectivity index is 2.35. The third-order valence-corrected chi connectivity index (χ3v) is 2.28. The van der Waals surface area contributed by atoms with Crippen molar-refractivity contribution in [1.82, 2.24) is 4.98 Å². The highest BCUT2D eigenvalue weighted by atomic mass is 19.4. The molecule has 2 aromatic rings. The van der Waals surface area contributed by atoms with Crippen molar-refractivity contribution in [2.24, 2.45) is 0 Å². The number of alkyl halides is 3. The van der Waals surface area contributed by atoms with E-state index in [1.165, 1.54) is 36.5 Å². The first-order valence-electron chi connectivity index (χ1n) is 5.58. The predicted molar refractivity (Wildman–Crippen MR) is 64.4 cm³/mol. The Morgan fingerprint density at radius 2 is 1.76 bits per heavy atom. The van der Waals surface area contributed by atoms with Crippen LogP contribution in [0, 0.1) is 0 Å². The summed E-state index contributed by atoms with van der Waals surface area (Å²) in [5.74, 6) is -2.53. The van der Waals surface area contributed by atoms with Crippen molar-refractivity contribution in [3.05, 3.63) is 48.2 Å². The lowest BCUT2D eigenvalue weighted by atomic mass is 10.2. The van der Waals surface area contributed by atoms with E-state index in [0.717, 1.165) is 6.07 Å². The van der Waals surface area contributed by atoms with Crippen molar-refractivity contribution in [2.45, 2.75) is 6.36 Å². The van der Waals surface area contributed by atoms with Crippen molar-refractivity contribution in [3.63, 3.8) is 0 Å². The summed E-state index contributed by atoms with van der Waals surface area (Å²) < 4.78 is 45.8. The second-order valence-electron chi connectivity index (χ2n) is 3.76. The molecule has 2 rings (SSSR count). The Morgan fingerprint density at radius 1 is 1.10 bits per heavy atom. The van der Waals surface area contributed by atoms with Crippen molar-refractivity contribution in [2.75, 3.05) is 0 Å². The van der Waals surface area contributed by atoms with E-state index in [9.17, 15) is 18.0 Å². The third kappa shape index (κ3) is 3.85. The Morgan fingerprint density at radius 3 is 2.38 bits per heavy atom. The molecule has 8 heteroatoms. The summed E-state index contributed by atoms with van der Waals surface area (Å²) in [7, 11) is 0. The van der Waals surface area contributed by atoms with Gasteiger partial charge in [-0.3, -0.25) is 0 Å². The number of carboxylic acid groups (broad SMARTS) is 1. The summed E-state index contributed by atoms with van der Waals surface area (Å²) >= 11 is 0. The molecule has 0 amide bonds. The number of halogens is 3. The number of pyridine rings is 1. The Bertz CT molecular complexity index is 658. The molecule has 1 aromatic heterocycles. The maximum absolute atomic E-state index is 12.3. The van der Waals surface area contributed by atoms with Gasteiger partial charge in [0.1, 0.15) is 5.56 Å². The maximum Gasteiger partial charge on any atom is 0.573 e. The molecule has 1 aromatic carbocycles. The van der Waals surface area contributed by atoms with Gasteiger partial charge in [-0.25, -0.2) is 9.78 Å². The van der Waals surface area contributed by atoms with E-state index in [-0.39, 0.29) is 17.2 Å². The third-order valence-electron chi connectivity index (χ3n) is 2.28. The number of aromatic nitrogens is 1. The fourth-order valence-corrected chi connectivity index (χ4v) is 1.48. The standard InChI is InChI=1S/C13H8F3NO4/c14-13(15,16)21-10-6-2-1-5-9(10)20-11-8(12(18)19)4-3-7-17-11/h1-7H,(H,18,19). The number of aromatic carboxylic acids is 1. The highest BCUT2D eigenvalue weighted by Crippen LogP contribution is 2.35. The normalized spacial score (nSPS) is 11.0. The zero-order chi connectivity index (χ0) is 15.5. The van der Waals surface area contributed by atoms with Crippen LogP contribution in [0.1, 0.15) is 10.4 Å². The number of para-hydroxylation sites is 2. The number of hydrogen-bond acceptors (Lipinski definition) is 4. The molecule has 0 radical (unpaired) electrons. The van der Waals surface area contributed by atoms with Crippen LogP contribution >= 0.6 is 0 Å². The van der Waals surface area contributed by atoms with Crippen LogP contribution in [-0.4, -0.2) is 22.4 Å². The van der Waals surface area contributed by atoms with E-state index < -0.39 is 18.1 Å². The van der Waals surface area contributed by atoms with Gasteiger partial charge in [-0.05, 0) is 24.3 Å². The summed E-state index contributed by atoms with van der Waals surface area (Å²) in [6, 6.07) is 7.59. The number of carboxylic acids is 1. The number of carbonyl (C=O) groups is 1. The number of hydrogen-bond donors (Lipinski definition) is 1. The monoisotopic (exact) mass is 299 g/mol. The smallest absolute Gasteiger partial charge is 0.477 e. The van der Waals surface area contributed by atoms with Crippen LogP contribution in [0.25, 0.3) is 0 Å². The van der Waals surface area contributed by atoms with E-state index in [1.807, 2.05) is 0 Å². The fourth-order valence-electron chi connectivity index (χ4n) is 1.48. The number of rotatable bonds is 4. The van der Waals surface area contributed by atoms with Crippen molar-refractivity contribution < 1.29 is 32.5 Å². The van der Waals surface area contributed by atoms with Crippen LogP contribution in [-0.2, 0) is 0 Å². The number of ether oxygens (including phenoxy) is 2. The molecule has 110 valence electrons. The molecule has 5 nitrogen and oxygen atoms in total. The minimum Gasteiger partial charge on any atom is -0.477 e. The van der Waals surface area contributed by atoms with Crippen LogP contribution in [0.3, 0.4) is 0 Å². The molecule has 21 heavy (non-hydrogen) atoms. The summed E-state index contributed by atoms with van der Waals surface area (Å²) in [6.45, 7) is 0. The van der Waals surface area contributed by atoms with Gasteiger partial charge < -0.3 is 14.6 Å². The molecule has 0 atom stereocenters. The predicted octanol–water partition coefficient (Wildman–Crippen LogP) is 3.47. The van der Waals surface area contributed by atoms with E-state index in [1.54, 1.807) is 0 Å². The highest BCUT2D eigenvalue weighted by molar-refractivity contribution is 5.90. The van der Waals surface area contributed by atoms with Crippen LogP contribution in [0.5, 0.6) is 17.4 Å². The molecule has 0 unspecified atom stereocenters. The average molecular weight is 299 g/mol. The number of nitrogens with zero attached hydrogens (tertiary/aromatic N) is 1. The Hall–Kier alpha value is -2.77. The summed E-state index contributed by atoms with van der Waals surface area (Å²) in [4.78, 5) is 14.7. The molecule has 0 saturated heterocycles. The van der Waals surface area contributed by atoms with Crippen LogP contribution in [0.2, 0.25) is 0 Å². The van der Waals surface area contributed by atoms with Gasteiger partial charge in [0, 0.05) is 6.20 Å². The van der Waals surface area contributed by atoms with E-state index in [4.69, 9.17) is 9.84 Å². The molecule has 0 aliphatic heterocycles. The van der Waals surface area contributed by atoms with Gasteiger partial charge in [0.15, 0.2) is 11.5 Å². The Labute approximate surface area is 116 Å². The first-order valence-corrected chi connectivity index (χ1v) is 5.58. The topological polar surface area (TPSA) is 68.7 Å². The minimum absolute atomic E-state index is 0.278. The lowest BCUT2D eigenvalue weighted by Crippen LogP contribution is -2.17. The molecule has 0 fully saturated rings. The largest absolute Gasteiger partial charge is 0.573 e. The minimum atomic E-state index is -4.89. The molecule has 1 heterocycles. The fraction of sp³-hybridized carbons (Fsp3) is 0.0769. The zero-order valence-corrected chi connectivity index (χ0v) is 10.3. The lowest BCUT2D eigenvalue weighted by molar-refractivity contribution is -0.275. The van der Waals surface area contributed by atoms with Crippen LogP contribution < -0.4 is 9.47 Å². The number of benzene rings is 1. The van der Waals surface area contributed by atoms with Crippen molar-refractivity contribution in [1.29, 1.82) is 0 Å². The summed E-state index contributed by atoms with van der Waals surface area (Å²) in [5, 5.41) is 8.97. The van der Waals surface area contributed by atoms with Crippen LogP contribution in [0.4, 0.5) is 13.2 Å². The molecular formula is C13H8F3NO4. The first kappa shape index (κ1) is 14.6. The lowest BCUT2D eigenvalue weighted by Gasteiger charge is -2.13. The zero-order valence-electron chi connectivity index (χ0n) is 10.3. The SMILES string of the molecule is O=C(O)c1cccnc1Oc1ccccc1OC(F)(F)F. The van der Waals surface area contributed by atoms with Gasteiger partial charge in [-0.2, -0.15) is 0 Å². The molecule has 0 aliphatic carbocycles. The average Bonchev–Trinajstić information content (AvgIpc) is 2.40. The molecular weight excluding hydrogens is 291 g/mol. The van der Waals surface area contributed by atoms with Gasteiger partial charge >= 0.3 is 12.3 Å². The van der Waals surface area contributed by atoms with Gasteiger partial charge in [0.05, 0.1) is 0 Å². The molecule has 0 bridgehead atoms. The first-order chi connectivity index (χ1) is 9.87. The highest BCUT2D eigenvalue weighted by Gasteiger charge is 2.32. The Kier molecular flexibility index (Phi) is 3.97. The maximum atomic E-state index is 12.3. The second kappa shape index (κ2) is 5.70.